The molecule has 0 aromatic carbocycles. The van der Waals surface area contributed by atoms with Crippen LogP contribution in [0, 0.1) is 28.6 Å². The highest BCUT2D eigenvalue weighted by Crippen LogP contribution is 2.65. The number of aliphatic hydroxyl groups excluding tert-OH is 3. The van der Waals surface area contributed by atoms with Crippen LogP contribution in [-0.4, -0.2) is 33.6 Å². The lowest BCUT2D eigenvalue weighted by Gasteiger charge is -2.56. The molecule has 134 valence electrons. The van der Waals surface area contributed by atoms with Crippen LogP contribution in [-0.2, 0) is 0 Å². The molecule has 0 radical (unpaired) electrons. The van der Waals surface area contributed by atoms with Gasteiger partial charge in [0.15, 0.2) is 0 Å². The fraction of sp³-hybridized carbons (Fsp3) is 0.810. The fourth-order valence-electron chi connectivity index (χ4n) is 6.94. The zero-order chi connectivity index (χ0) is 17.3. The molecule has 3 heteroatoms. The first-order valence-electron chi connectivity index (χ1n) is 9.72. The molecule has 8 atom stereocenters. The lowest BCUT2D eigenvalue weighted by molar-refractivity contribution is -0.0639. The molecule has 0 amide bonds. The summed E-state index contributed by atoms with van der Waals surface area (Å²) in [6.45, 7) is 6.50. The lowest BCUT2D eigenvalue weighted by atomic mass is 9.49. The van der Waals surface area contributed by atoms with E-state index in [0.29, 0.717) is 5.92 Å². The molecule has 0 spiro atoms. The van der Waals surface area contributed by atoms with Gasteiger partial charge in [0.05, 0.1) is 18.3 Å². The van der Waals surface area contributed by atoms with E-state index in [9.17, 15) is 15.3 Å². The summed E-state index contributed by atoms with van der Waals surface area (Å²) in [5.41, 5.74) is 2.74. The topological polar surface area (TPSA) is 60.7 Å². The Kier molecular flexibility index (Phi) is 3.80. The summed E-state index contributed by atoms with van der Waals surface area (Å²) >= 11 is 0. The van der Waals surface area contributed by atoms with E-state index in [4.69, 9.17) is 0 Å². The van der Waals surface area contributed by atoms with Gasteiger partial charge in [-0.05, 0) is 68.1 Å². The third-order valence-corrected chi connectivity index (χ3v) is 8.14. The molecule has 3 fully saturated rings. The Hall–Kier alpha value is -0.640. The van der Waals surface area contributed by atoms with Crippen LogP contribution in [0.25, 0.3) is 0 Å². The second kappa shape index (κ2) is 5.43. The number of rotatable bonds is 1. The van der Waals surface area contributed by atoms with Gasteiger partial charge in [0.2, 0.25) is 0 Å². The van der Waals surface area contributed by atoms with Gasteiger partial charge in [0, 0.05) is 5.92 Å². The second-order valence-electron chi connectivity index (χ2n) is 9.40. The monoisotopic (exact) mass is 332 g/mol. The van der Waals surface area contributed by atoms with E-state index in [1.54, 1.807) is 0 Å². The highest BCUT2D eigenvalue weighted by Gasteiger charge is 2.59. The molecule has 3 saturated carbocycles. The van der Waals surface area contributed by atoms with Gasteiger partial charge < -0.3 is 15.3 Å². The molecule has 4 aliphatic carbocycles. The Morgan fingerprint density at radius 3 is 2.58 bits per heavy atom. The van der Waals surface area contributed by atoms with E-state index >= 15 is 0 Å². The zero-order valence-corrected chi connectivity index (χ0v) is 15.2. The van der Waals surface area contributed by atoms with Gasteiger partial charge in [-0.25, -0.2) is 0 Å². The van der Waals surface area contributed by atoms with Crippen molar-refractivity contribution in [2.24, 2.45) is 28.6 Å². The Morgan fingerprint density at radius 1 is 1.12 bits per heavy atom. The van der Waals surface area contributed by atoms with Crippen molar-refractivity contribution in [3.63, 3.8) is 0 Å². The SMILES string of the molecule is C[C@@H](O)[C@H]1CC[C@H]2C3=CC=C4C[C@@H](O)CC[C@@]4(C)[C@@H]3[C@@H](O)C[C@]12C. The van der Waals surface area contributed by atoms with E-state index in [0.717, 1.165) is 38.5 Å². The van der Waals surface area contributed by atoms with Gasteiger partial charge in [-0.2, -0.15) is 0 Å². The van der Waals surface area contributed by atoms with Crippen LogP contribution < -0.4 is 0 Å². The van der Waals surface area contributed by atoms with Crippen LogP contribution in [0.4, 0.5) is 0 Å². The Labute approximate surface area is 145 Å². The molecule has 4 rings (SSSR count). The quantitative estimate of drug-likeness (QED) is 0.691. The average molecular weight is 332 g/mol. The molecule has 3 nitrogen and oxygen atoms in total. The van der Waals surface area contributed by atoms with Crippen molar-refractivity contribution in [3.8, 4) is 0 Å². The van der Waals surface area contributed by atoms with Crippen molar-refractivity contribution < 1.29 is 15.3 Å². The highest BCUT2D eigenvalue weighted by molar-refractivity contribution is 5.40. The van der Waals surface area contributed by atoms with Crippen LogP contribution >= 0.6 is 0 Å². The van der Waals surface area contributed by atoms with Gasteiger partial charge in [-0.3, -0.25) is 0 Å². The molecule has 4 aliphatic rings. The third-order valence-electron chi connectivity index (χ3n) is 8.14. The standard InChI is InChI=1S/C21H32O3/c1-12(22)16-6-7-17-15-5-4-13-10-14(23)8-9-20(13,2)19(15)18(24)11-21(16,17)3/h4-5,12,14,16-19,22-24H,6-11H2,1-3H3/t12-,14+,16-,17+,18+,19+,20-,21-/m1/s1. The maximum absolute atomic E-state index is 11.2. The number of aliphatic hydroxyl groups is 3. The number of fused-ring (bicyclic) bond motifs is 5. The van der Waals surface area contributed by atoms with Crippen molar-refractivity contribution in [1.29, 1.82) is 0 Å². The molecule has 0 aromatic heterocycles. The summed E-state index contributed by atoms with van der Waals surface area (Å²) in [6.07, 6.45) is 9.15. The second-order valence-corrected chi connectivity index (χ2v) is 9.40. The van der Waals surface area contributed by atoms with Crippen molar-refractivity contribution in [1.82, 2.24) is 0 Å². The highest BCUT2D eigenvalue weighted by atomic mass is 16.3. The molecule has 24 heavy (non-hydrogen) atoms. The Morgan fingerprint density at radius 2 is 1.88 bits per heavy atom. The van der Waals surface area contributed by atoms with Crippen LogP contribution in [0.2, 0.25) is 0 Å². The molecule has 0 unspecified atom stereocenters. The lowest BCUT2D eigenvalue weighted by Crippen LogP contribution is -2.53. The van der Waals surface area contributed by atoms with Gasteiger partial charge in [0.25, 0.3) is 0 Å². The first kappa shape index (κ1) is 16.8. The minimum Gasteiger partial charge on any atom is -0.393 e. The molecular formula is C21H32O3. The number of allylic oxidation sites excluding steroid dienone is 2. The molecule has 0 bridgehead atoms. The minimum atomic E-state index is -0.346. The summed E-state index contributed by atoms with van der Waals surface area (Å²) in [6, 6.07) is 0. The largest absolute Gasteiger partial charge is 0.393 e. The van der Waals surface area contributed by atoms with Crippen molar-refractivity contribution in [2.45, 2.75) is 77.6 Å². The normalized spacial score (nSPS) is 51.8. The Bertz CT molecular complexity index is 592. The van der Waals surface area contributed by atoms with Crippen LogP contribution in [0.15, 0.2) is 23.3 Å². The first-order chi connectivity index (χ1) is 11.3. The van der Waals surface area contributed by atoms with Gasteiger partial charge >= 0.3 is 0 Å². The van der Waals surface area contributed by atoms with E-state index in [2.05, 4.69) is 26.0 Å². The minimum absolute atomic E-state index is 0.00575. The third kappa shape index (κ3) is 2.14. The van der Waals surface area contributed by atoms with Crippen molar-refractivity contribution in [2.75, 3.05) is 0 Å². The molecule has 0 heterocycles. The number of hydrogen-bond acceptors (Lipinski definition) is 3. The van der Waals surface area contributed by atoms with E-state index in [-0.39, 0.29) is 41.0 Å². The number of hydrogen-bond donors (Lipinski definition) is 3. The predicted octanol–water partition coefficient (Wildman–Crippen LogP) is 3.20. The molecule has 0 saturated heterocycles. The summed E-state index contributed by atoms with van der Waals surface area (Å²) in [5.74, 6) is 0.952. The summed E-state index contributed by atoms with van der Waals surface area (Å²) in [5, 5.41) is 31.5. The molecular weight excluding hydrogens is 300 g/mol. The zero-order valence-electron chi connectivity index (χ0n) is 15.2. The molecule has 3 N–H and O–H groups in total. The average Bonchev–Trinajstić information content (AvgIpc) is 2.84. The van der Waals surface area contributed by atoms with Crippen LogP contribution in [0.5, 0.6) is 0 Å². The van der Waals surface area contributed by atoms with Crippen molar-refractivity contribution in [3.05, 3.63) is 23.3 Å². The van der Waals surface area contributed by atoms with E-state index in [1.807, 2.05) is 6.92 Å². The molecule has 0 aromatic rings. The Balaban J connectivity index is 1.76. The summed E-state index contributed by atoms with van der Waals surface area (Å²) in [4.78, 5) is 0. The predicted molar refractivity (Wildman–Crippen MR) is 94.2 cm³/mol. The van der Waals surface area contributed by atoms with Gasteiger partial charge in [-0.15, -0.1) is 0 Å². The van der Waals surface area contributed by atoms with Gasteiger partial charge in [0.1, 0.15) is 0 Å². The van der Waals surface area contributed by atoms with Crippen LogP contribution in [0.3, 0.4) is 0 Å². The van der Waals surface area contributed by atoms with E-state index < -0.39 is 0 Å². The van der Waals surface area contributed by atoms with Crippen molar-refractivity contribution >= 4 is 0 Å². The first-order valence-corrected chi connectivity index (χ1v) is 9.72. The summed E-state index contributed by atoms with van der Waals surface area (Å²) in [7, 11) is 0. The van der Waals surface area contributed by atoms with Crippen LogP contribution in [0.1, 0.15) is 59.3 Å². The van der Waals surface area contributed by atoms with Gasteiger partial charge in [-0.1, -0.05) is 37.1 Å². The summed E-state index contributed by atoms with van der Waals surface area (Å²) < 4.78 is 0. The maximum Gasteiger partial charge on any atom is 0.0619 e. The molecule has 0 aliphatic heterocycles. The fourth-order valence-corrected chi connectivity index (χ4v) is 6.94. The maximum atomic E-state index is 11.2. The smallest absolute Gasteiger partial charge is 0.0619 e. The van der Waals surface area contributed by atoms with E-state index in [1.165, 1.54) is 11.1 Å².